The van der Waals surface area contributed by atoms with Gasteiger partial charge in [0.1, 0.15) is 0 Å². The van der Waals surface area contributed by atoms with Crippen molar-refractivity contribution in [1.29, 1.82) is 0 Å². The van der Waals surface area contributed by atoms with Gasteiger partial charge >= 0.3 is 6.18 Å². The molecule has 0 aromatic carbocycles. The van der Waals surface area contributed by atoms with E-state index in [9.17, 15) is 13.2 Å². The third kappa shape index (κ3) is 13.9. The van der Waals surface area contributed by atoms with E-state index in [-0.39, 0.29) is 19.6 Å². The molecule has 1 aliphatic rings. The van der Waals surface area contributed by atoms with Crippen LogP contribution in [0.3, 0.4) is 0 Å². The minimum Gasteiger partial charge on any atom is -0.377 e. The number of hydrogen-bond donors (Lipinski definition) is 0. The van der Waals surface area contributed by atoms with Crippen molar-refractivity contribution >= 4 is 0 Å². The van der Waals surface area contributed by atoms with Gasteiger partial charge in [0.15, 0.2) is 0 Å². The molecule has 6 nitrogen and oxygen atoms in total. The van der Waals surface area contributed by atoms with Crippen LogP contribution in [-0.4, -0.2) is 85.0 Å². The zero-order valence-corrected chi connectivity index (χ0v) is 13.9. The van der Waals surface area contributed by atoms with E-state index in [2.05, 4.69) is 0 Å². The topological polar surface area (TPSA) is 55.4 Å². The maximum Gasteiger partial charge on any atom is 0.389 e. The first-order chi connectivity index (χ1) is 11.6. The van der Waals surface area contributed by atoms with Gasteiger partial charge in [-0.15, -0.1) is 0 Å². The van der Waals surface area contributed by atoms with Gasteiger partial charge in [-0.1, -0.05) is 0 Å². The molecule has 24 heavy (non-hydrogen) atoms. The van der Waals surface area contributed by atoms with Crippen LogP contribution in [-0.2, 0) is 28.4 Å². The van der Waals surface area contributed by atoms with Crippen LogP contribution in [0.5, 0.6) is 0 Å². The summed E-state index contributed by atoms with van der Waals surface area (Å²) >= 11 is 0. The molecule has 144 valence electrons. The van der Waals surface area contributed by atoms with Crippen LogP contribution in [0.4, 0.5) is 13.2 Å². The number of hydrogen-bond acceptors (Lipinski definition) is 6. The SMILES string of the molecule is FC(F)(F)CCC1COCCOCCOCCOCCOCCO1. The van der Waals surface area contributed by atoms with Gasteiger partial charge in [-0.3, -0.25) is 0 Å². The molecule has 0 aromatic rings. The van der Waals surface area contributed by atoms with Crippen molar-refractivity contribution in [1.82, 2.24) is 0 Å². The van der Waals surface area contributed by atoms with Gasteiger partial charge in [0.25, 0.3) is 0 Å². The lowest BCUT2D eigenvalue weighted by atomic mass is 10.2. The van der Waals surface area contributed by atoms with E-state index in [0.717, 1.165) is 0 Å². The van der Waals surface area contributed by atoms with E-state index in [0.29, 0.717) is 59.5 Å². The van der Waals surface area contributed by atoms with Gasteiger partial charge < -0.3 is 28.4 Å². The Labute approximate surface area is 140 Å². The van der Waals surface area contributed by atoms with Crippen molar-refractivity contribution in [2.45, 2.75) is 25.1 Å². The third-order valence-corrected chi connectivity index (χ3v) is 3.12. The molecule has 1 unspecified atom stereocenters. The van der Waals surface area contributed by atoms with Gasteiger partial charge in [-0.2, -0.15) is 13.2 Å². The second-order valence-electron chi connectivity index (χ2n) is 5.17. The monoisotopic (exact) mass is 360 g/mol. The van der Waals surface area contributed by atoms with Crippen molar-refractivity contribution in [2.75, 3.05) is 72.7 Å². The Morgan fingerprint density at radius 3 is 1.50 bits per heavy atom. The van der Waals surface area contributed by atoms with E-state index < -0.39 is 18.7 Å². The van der Waals surface area contributed by atoms with Gasteiger partial charge in [0.05, 0.1) is 78.8 Å². The van der Waals surface area contributed by atoms with Crippen molar-refractivity contribution in [3.8, 4) is 0 Å². The van der Waals surface area contributed by atoms with Crippen LogP contribution in [0.1, 0.15) is 12.8 Å². The van der Waals surface area contributed by atoms with Crippen molar-refractivity contribution < 1.29 is 41.6 Å². The third-order valence-electron chi connectivity index (χ3n) is 3.12. The van der Waals surface area contributed by atoms with Crippen LogP contribution in [0.15, 0.2) is 0 Å². The van der Waals surface area contributed by atoms with Crippen molar-refractivity contribution in [3.63, 3.8) is 0 Å². The van der Waals surface area contributed by atoms with Crippen LogP contribution >= 0.6 is 0 Å². The lowest BCUT2D eigenvalue weighted by molar-refractivity contribution is -0.146. The van der Waals surface area contributed by atoms with Crippen LogP contribution in [0.2, 0.25) is 0 Å². The molecule has 1 fully saturated rings. The largest absolute Gasteiger partial charge is 0.389 e. The average Bonchev–Trinajstić information content (AvgIpc) is 2.53. The van der Waals surface area contributed by atoms with Gasteiger partial charge in [-0.05, 0) is 6.42 Å². The molecule has 1 saturated heterocycles. The van der Waals surface area contributed by atoms with Crippen molar-refractivity contribution in [3.05, 3.63) is 0 Å². The van der Waals surface area contributed by atoms with Crippen LogP contribution < -0.4 is 0 Å². The summed E-state index contributed by atoms with van der Waals surface area (Å²) < 4.78 is 69.0. The van der Waals surface area contributed by atoms with Crippen LogP contribution in [0, 0.1) is 0 Å². The smallest absolute Gasteiger partial charge is 0.377 e. The van der Waals surface area contributed by atoms with E-state index in [1.807, 2.05) is 0 Å². The molecular formula is C15H27F3O6. The quantitative estimate of drug-likeness (QED) is 0.749. The summed E-state index contributed by atoms with van der Waals surface area (Å²) in [6.45, 7) is 3.94. The second kappa shape index (κ2) is 13.8. The summed E-state index contributed by atoms with van der Waals surface area (Å²) in [6.07, 6.45) is -5.86. The first-order valence-electron chi connectivity index (χ1n) is 8.15. The molecule has 0 N–H and O–H groups in total. The average molecular weight is 360 g/mol. The molecule has 0 saturated carbocycles. The van der Waals surface area contributed by atoms with Crippen LogP contribution in [0.25, 0.3) is 0 Å². The highest BCUT2D eigenvalue weighted by atomic mass is 19.4. The Morgan fingerprint density at radius 2 is 1.04 bits per heavy atom. The number of alkyl halides is 3. The molecule has 0 aliphatic carbocycles. The van der Waals surface area contributed by atoms with E-state index in [4.69, 9.17) is 28.4 Å². The predicted molar refractivity (Wildman–Crippen MR) is 79.1 cm³/mol. The summed E-state index contributed by atoms with van der Waals surface area (Å²) in [5.41, 5.74) is 0. The molecular weight excluding hydrogens is 333 g/mol. The van der Waals surface area contributed by atoms with E-state index >= 15 is 0 Å². The van der Waals surface area contributed by atoms with Crippen molar-refractivity contribution in [2.24, 2.45) is 0 Å². The predicted octanol–water partition coefficient (Wildman–Crippen LogP) is 1.81. The van der Waals surface area contributed by atoms with E-state index in [1.54, 1.807) is 0 Å². The molecule has 1 aliphatic heterocycles. The Balaban J connectivity index is 2.29. The molecule has 1 atom stereocenters. The Hall–Kier alpha value is -0.450. The molecule has 0 spiro atoms. The first-order valence-corrected chi connectivity index (χ1v) is 8.15. The highest BCUT2D eigenvalue weighted by molar-refractivity contribution is 4.62. The van der Waals surface area contributed by atoms with E-state index in [1.165, 1.54) is 0 Å². The Kier molecular flexibility index (Phi) is 12.4. The van der Waals surface area contributed by atoms with Gasteiger partial charge in [0, 0.05) is 6.42 Å². The molecule has 0 bridgehead atoms. The molecule has 0 amide bonds. The fourth-order valence-electron chi connectivity index (χ4n) is 1.91. The van der Waals surface area contributed by atoms with Gasteiger partial charge in [0.2, 0.25) is 0 Å². The summed E-state index contributed by atoms with van der Waals surface area (Å²) in [5, 5.41) is 0. The Morgan fingerprint density at radius 1 is 0.625 bits per heavy atom. The summed E-state index contributed by atoms with van der Waals surface area (Å²) in [6, 6.07) is 0. The lowest BCUT2D eigenvalue weighted by Gasteiger charge is -2.19. The number of ether oxygens (including phenoxy) is 6. The van der Waals surface area contributed by atoms with Gasteiger partial charge in [-0.25, -0.2) is 0 Å². The highest BCUT2D eigenvalue weighted by Gasteiger charge is 2.28. The molecule has 0 radical (unpaired) electrons. The number of halogens is 3. The fourth-order valence-corrected chi connectivity index (χ4v) is 1.91. The standard InChI is InChI=1S/C15H27F3O6/c16-15(17,18)2-1-14-13-23-10-9-21-6-5-19-3-4-20-7-8-22-11-12-24-14/h14H,1-13H2. The minimum absolute atomic E-state index is 0.0963. The zero-order chi connectivity index (χ0) is 17.5. The highest BCUT2D eigenvalue weighted by Crippen LogP contribution is 2.23. The first kappa shape index (κ1) is 21.6. The second-order valence-corrected chi connectivity index (χ2v) is 5.17. The lowest BCUT2D eigenvalue weighted by Crippen LogP contribution is -2.26. The molecule has 1 heterocycles. The molecule has 9 heteroatoms. The number of rotatable bonds is 2. The zero-order valence-electron chi connectivity index (χ0n) is 13.9. The molecule has 1 rings (SSSR count). The normalized spacial score (nSPS) is 24.9. The summed E-state index contributed by atoms with van der Waals surface area (Å²) in [4.78, 5) is 0. The minimum atomic E-state index is -4.20. The maximum atomic E-state index is 12.3. The summed E-state index contributed by atoms with van der Waals surface area (Å²) in [7, 11) is 0. The maximum absolute atomic E-state index is 12.3. The Bertz CT molecular complexity index is 273. The summed E-state index contributed by atoms with van der Waals surface area (Å²) in [5.74, 6) is 0. The fraction of sp³-hybridized carbons (Fsp3) is 1.00. The molecule has 0 aromatic heterocycles.